The van der Waals surface area contributed by atoms with Crippen LogP contribution in [0, 0.1) is 0 Å². The highest BCUT2D eigenvalue weighted by Crippen LogP contribution is 2.44. The molecule has 1 aliphatic carbocycles. The Hall–Kier alpha value is -3.47. The van der Waals surface area contributed by atoms with Crippen LogP contribution in [0.25, 0.3) is 11.1 Å². The van der Waals surface area contributed by atoms with Crippen LogP contribution in [0.4, 0.5) is 16.2 Å². The summed E-state index contributed by atoms with van der Waals surface area (Å²) in [6, 6.07) is 24.6. The summed E-state index contributed by atoms with van der Waals surface area (Å²) >= 11 is 0. The van der Waals surface area contributed by atoms with Crippen molar-refractivity contribution in [2.45, 2.75) is 5.92 Å². The lowest BCUT2D eigenvalue weighted by atomic mass is 9.98. The third-order valence-corrected chi connectivity index (χ3v) is 6.15. The van der Waals surface area contributed by atoms with Gasteiger partial charge in [-0.05, 0) is 34.4 Å². The number of carbonyl (C=O) groups is 1. The van der Waals surface area contributed by atoms with Gasteiger partial charge in [-0.3, -0.25) is 0 Å². The first-order chi connectivity index (χ1) is 14.7. The summed E-state index contributed by atoms with van der Waals surface area (Å²) in [5, 5.41) is 0. The molecule has 30 heavy (non-hydrogen) atoms. The lowest BCUT2D eigenvalue weighted by Crippen LogP contribution is -2.49. The summed E-state index contributed by atoms with van der Waals surface area (Å²) < 4.78 is 5.79. The molecule has 0 saturated carbocycles. The summed E-state index contributed by atoms with van der Waals surface area (Å²) in [5.41, 5.74) is 12.8. The highest BCUT2D eigenvalue weighted by atomic mass is 16.6. The molecule has 3 aromatic carbocycles. The van der Waals surface area contributed by atoms with E-state index < -0.39 is 0 Å². The van der Waals surface area contributed by atoms with E-state index in [4.69, 9.17) is 10.5 Å². The van der Waals surface area contributed by atoms with E-state index in [9.17, 15) is 4.79 Å². The number of amides is 1. The third-order valence-electron chi connectivity index (χ3n) is 6.15. The second-order valence-electron chi connectivity index (χ2n) is 7.84. The van der Waals surface area contributed by atoms with Gasteiger partial charge in [0.05, 0.1) is 11.4 Å². The van der Waals surface area contributed by atoms with Crippen LogP contribution < -0.4 is 10.6 Å². The van der Waals surface area contributed by atoms with Crippen molar-refractivity contribution in [3.63, 3.8) is 0 Å². The van der Waals surface area contributed by atoms with Gasteiger partial charge in [0.15, 0.2) is 0 Å². The Kier molecular flexibility index (Phi) is 4.79. The molecule has 0 atom stereocenters. The number of nitrogen functional groups attached to an aromatic ring is 1. The first-order valence-electron chi connectivity index (χ1n) is 10.4. The quantitative estimate of drug-likeness (QED) is 0.666. The summed E-state index contributed by atoms with van der Waals surface area (Å²) in [5.74, 6) is 0.0896. The molecule has 1 heterocycles. The fourth-order valence-electron chi connectivity index (χ4n) is 4.59. The number of nitrogens with two attached hydrogens (primary N) is 1. The van der Waals surface area contributed by atoms with Crippen LogP contribution in [0.5, 0.6) is 0 Å². The smallest absolute Gasteiger partial charge is 0.409 e. The van der Waals surface area contributed by atoms with Crippen molar-refractivity contribution in [2.75, 3.05) is 43.4 Å². The van der Waals surface area contributed by atoms with E-state index >= 15 is 0 Å². The van der Waals surface area contributed by atoms with Gasteiger partial charge in [0.25, 0.3) is 0 Å². The van der Waals surface area contributed by atoms with Crippen LogP contribution in [0.15, 0.2) is 72.8 Å². The molecule has 1 fully saturated rings. The molecule has 2 N–H and O–H groups in total. The summed E-state index contributed by atoms with van der Waals surface area (Å²) in [4.78, 5) is 16.8. The largest absolute Gasteiger partial charge is 0.448 e. The number of rotatable bonds is 3. The molecule has 1 saturated heterocycles. The van der Waals surface area contributed by atoms with Gasteiger partial charge in [-0.1, -0.05) is 60.7 Å². The zero-order chi connectivity index (χ0) is 20.5. The van der Waals surface area contributed by atoms with E-state index in [1.807, 2.05) is 36.4 Å². The predicted molar refractivity (Wildman–Crippen MR) is 120 cm³/mol. The normalized spacial score (nSPS) is 15.6. The molecule has 0 aromatic heterocycles. The molecule has 5 heteroatoms. The number of carbonyl (C=O) groups excluding carboxylic acids is 1. The number of fused-ring (bicyclic) bond motifs is 3. The van der Waals surface area contributed by atoms with Crippen molar-refractivity contribution in [1.82, 2.24) is 4.90 Å². The Morgan fingerprint density at radius 1 is 0.833 bits per heavy atom. The maximum Gasteiger partial charge on any atom is 0.409 e. The summed E-state index contributed by atoms with van der Waals surface area (Å²) in [6.45, 7) is 3.12. The second kappa shape index (κ2) is 7.75. The van der Waals surface area contributed by atoms with E-state index in [1.54, 1.807) is 4.90 Å². The lowest BCUT2D eigenvalue weighted by Gasteiger charge is -2.36. The standard InChI is InChI=1S/C25H25N3O2/c26-23-11-5-6-12-24(23)27-13-15-28(16-14-27)25(29)30-17-22-20-9-3-1-7-18(20)19-8-2-4-10-21(19)22/h1-12,22H,13-17,26H2. The van der Waals surface area contributed by atoms with Crippen molar-refractivity contribution in [2.24, 2.45) is 0 Å². The predicted octanol–water partition coefficient (Wildman–Crippen LogP) is 4.34. The van der Waals surface area contributed by atoms with E-state index in [2.05, 4.69) is 41.3 Å². The van der Waals surface area contributed by atoms with Crippen molar-refractivity contribution in [3.05, 3.63) is 83.9 Å². The third kappa shape index (κ3) is 3.26. The van der Waals surface area contributed by atoms with Crippen LogP contribution in [-0.2, 0) is 4.74 Å². The monoisotopic (exact) mass is 399 g/mol. The highest BCUT2D eigenvalue weighted by molar-refractivity contribution is 5.79. The molecule has 0 unspecified atom stereocenters. The van der Waals surface area contributed by atoms with Gasteiger partial charge < -0.3 is 20.3 Å². The molecule has 0 bridgehead atoms. The highest BCUT2D eigenvalue weighted by Gasteiger charge is 2.30. The molecule has 0 spiro atoms. The summed E-state index contributed by atoms with van der Waals surface area (Å²) in [6.07, 6.45) is -0.238. The molecule has 2 aliphatic rings. The van der Waals surface area contributed by atoms with E-state index in [1.165, 1.54) is 22.3 Å². The number of hydrogen-bond acceptors (Lipinski definition) is 4. The number of benzene rings is 3. The van der Waals surface area contributed by atoms with Crippen LogP contribution in [0.3, 0.4) is 0 Å². The minimum atomic E-state index is -0.238. The first-order valence-corrected chi connectivity index (χ1v) is 10.4. The molecule has 1 amide bonds. The summed E-state index contributed by atoms with van der Waals surface area (Å²) in [7, 11) is 0. The molecule has 1 aliphatic heterocycles. The zero-order valence-electron chi connectivity index (χ0n) is 16.8. The molecular weight excluding hydrogens is 374 g/mol. The number of ether oxygens (including phenoxy) is 1. The van der Waals surface area contributed by atoms with Crippen molar-refractivity contribution >= 4 is 17.5 Å². The Labute approximate surface area is 176 Å². The fraction of sp³-hybridized carbons (Fsp3) is 0.240. The van der Waals surface area contributed by atoms with Gasteiger partial charge in [-0.2, -0.15) is 0 Å². The molecule has 0 radical (unpaired) electrons. The van der Waals surface area contributed by atoms with E-state index in [0.29, 0.717) is 19.7 Å². The van der Waals surface area contributed by atoms with Gasteiger partial charge >= 0.3 is 6.09 Å². The average Bonchev–Trinajstić information content (AvgIpc) is 3.12. The van der Waals surface area contributed by atoms with Crippen molar-refractivity contribution < 1.29 is 9.53 Å². The molecule has 5 nitrogen and oxygen atoms in total. The minimum Gasteiger partial charge on any atom is -0.448 e. The lowest BCUT2D eigenvalue weighted by molar-refractivity contribution is 0.0977. The van der Waals surface area contributed by atoms with Crippen molar-refractivity contribution in [1.29, 1.82) is 0 Å². The zero-order valence-corrected chi connectivity index (χ0v) is 16.8. The Bertz CT molecular complexity index is 1030. The number of piperazine rings is 1. The Morgan fingerprint density at radius 3 is 2.03 bits per heavy atom. The number of para-hydroxylation sites is 2. The SMILES string of the molecule is Nc1ccccc1N1CCN(C(=O)OCC2c3ccccc3-c3ccccc32)CC1. The molecule has 3 aromatic rings. The maximum absolute atomic E-state index is 12.7. The fourth-order valence-corrected chi connectivity index (χ4v) is 4.59. The van der Waals surface area contributed by atoms with Gasteiger partial charge in [-0.25, -0.2) is 4.79 Å². The number of anilines is 2. The second-order valence-corrected chi connectivity index (χ2v) is 7.84. The van der Waals surface area contributed by atoms with Gasteiger partial charge in [0.1, 0.15) is 6.61 Å². The van der Waals surface area contributed by atoms with Crippen molar-refractivity contribution in [3.8, 4) is 11.1 Å². The topological polar surface area (TPSA) is 58.8 Å². The molecular formula is C25H25N3O2. The van der Waals surface area contributed by atoms with Crippen LogP contribution in [0.1, 0.15) is 17.0 Å². The number of hydrogen-bond donors (Lipinski definition) is 1. The van der Waals surface area contributed by atoms with Crippen LogP contribution in [-0.4, -0.2) is 43.8 Å². The average molecular weight is 399 g/mol. The molecule has 5 rings (SSSR count). The first kappa shape index (κ1) is 18.6. The van der Waals surface area contributed by atoms with Crippen LogP contribution in [0.2, 0.25) is 0 Å². The Balaban J connectivity index is 1.23. The van der Waals surface area contributed by atoms with Gasteiger partial charge in [0.2, 0.25) is 0 Å². The number of nitrogens with zero attached hydrogens (tertiary/aromatic N) is 2. The van der Waals surface area contributed by atoms with E-state index in [0.717, 1.165) is 24.5 Å². The van der Waals surface area contributed by atoms with Gasteiger partial charge in [0, 0.05) is 32.1 Å². The Morgan fingerprint density at radius 2 is 1.40 bits per heavy atom. The molecule has 152 valence electrons. The van der Waals surface area contributed by atoms with Crippen LogP contribution >= 0.6 is 0 Å². The minimum absolute atomic E-state index is 0.0896. The van der Waals surface area contributed by atoms with Gasteiger partial charge in [-0.15, -0.1) is 0 Å². The maximum atomic E-state index is 12.7. The van der Waals surface area contributed by atoms with E-state index in [-0.39, 0.29) is 12.0 Å².